The molecule has 9 heteroatoms. The molecule has 3 heterocycles. The first-order valence-electron chi connectivity index (χ1n) is 7.33. The number of H-pyrrole nitrogens is 1. The van der Waals surface area contributed by atoms with Gasteiger partial charge in [-0.3, -0.25) is 9.78 Å². The molecule has 3 aromatic heterocycles. The zero-order chi connectivity index (χ0) is 17.1. The predicted molar refractivity (Wildman–Crippen MR) is 89.8 cm³/mol. The zero-order valence-electron chi connectivity index (χ0n) is 13.0. The van der Waals surface area contributed by atoms with Crippen LogP contribution >= 0.6 is 11.3 Å². The topological polar surface area (TPSA) is 110 Å². The normalized spacial score (nSPS) is 11.8. The van der Waals surface area contributed by atoms with Crippen LogP contribution in [0.25, 0.3) is 11.1 Å². The van der Waals surface area contributed by atoms with Crippen molar-refractivity contribution in [2.45, 2.75) is 26.7 Å². The summed E-state index contributed by atoms with van der Waals surface area (Å²) >= 11 is 1.43. The van der Waals surface area contributed by atoms with E-state index in [1.807, 2.05) is 19.2 Å². The van der Waals surface area contributed by atoms with Gasteiger partial charge in [-0.25, -0.2) is 9.78 Å². The van der Waals surface area contributed by atoms with Crippen LogP contribution < -0.4 is 16.0 Å². The van der Waals surface area contributed by atoms with Crippen LogP contribution in [-0.2, 0) is 6.42 Å². The molecule has 0 atom stereocenters. The molecular weight excluding hydrogens is 332 g/mol. The number of fused-ring (bicyclic) bond motifs is 1. The predicted octanol–water partition coefficient (Wildman–Crippen LogP) is 2.09. The second kappa shape index (κ2) is 6.75. The quantitative estimate of drug-likeness (QED) is 0.559. The lowest BCUT2D eigenvalue weighted by Crippen LogP contribution is -2.14. The van der Waals surface area contributed by atoms with Gasteiger partial charge in [-0.2, -0.15) is 4.98 Å². The van der Waals surface area contributed by atoms with Gasteiger partial charge >= 0.3 is 11.6 Å². The maximum atomic E-state index is 12.2. The van der Waals surface area contributed by atoms with Crippen molar-refractivity contribution in [1.82, 2.24) is 15.0 Å². The molecule has 0 radical (unpaired) electrons. The molecule has 124 valence electrons. The third kappa shape index (κ3) is 3.11. The highest BCUT2D eigenvalue weighted by molar-refractivity contribution is 7.11. The van der Waals surface area contributed by atoms with E-state index < -0.39 is 11.2 Å². The van der Waals surface area contributed by atoms with Crippen molar-refractivity contribution in [2.75, 3.05) is 0 Å². The molecule has 0 spiro atoms. The number of hydrogen-bond donors (Lipinski definition) is 1. The molecule has 0 amide bonds. The van der Waals surface area contributed by atoms with E-state index in [0.29, 0.717) is 24.1 Å². The van der Waals surface area contributed by atoms with Gasteiger partial charge in [0.1, 0.15) is 16.1 Å². The summed E-state index contributed by atoms with van der Waals surface area (Å²) in [5.74, 6) is 0. The van der Waals surface area contributed by atoms with Crippen molar-refractivity contribution in [2.24, 2.45) is 5.16 Å². The number of nitrogens with zero attached hydrogens (tertiary/aromatic N) is 3. The lowest BCUT2D eigenvalue weighted by Gasteiger charge is -2.03. The van der Waals surface area contributed by atoms with Gasteiger partial charge in [-0.1, -0.05) is 19.0 Å². The van der Waals surface area contributed by atoms with Gasteiger partial charge in [-0.05, 0) is 18.4 Å². The molecule has 0 saturated carbocycles. The molecule has 0 aliphatic rings. The second-order valence-electron chi connectivity index (χ2n) is 4.82. The fourth-order valence-corrected chi connectivity index (χ4v) is 2.86. The number of thiazole rings is 1. The smallest absolute Gasteiger partial charge is 0.337 e. The molecule has 0 fully saturated rings. The highest BCUT2D eigenvalue weighted by Gasteiger charge is 2.13. The molecule has 8 nitrogen and oxygen atoms in total. The minimum absolute atomic E-state index is 0.0689. The molecule has 0 aliphatic carbocycles. The Hall–Kier alpha value is -2.81. The van der Waals surface area contributed by atoms with Crippen molar-refractivity contribution in [1.29, 1.82) is 0 Å². The van der Waals surface area contributed by atoms with Gasteiger partial charge in [0.2, 0.25) is 5.71 Å². The standard InChI is InChI=1S/C15H14N4O4S/c1-3-8-7-10(20)22-13-11(8)12(21)17-15(18-13)23-19-9(4-2)14-16-5-6-24-14/h5-7H,3-4H2,1-2H3,(H,17,18,21)/b19-9+. The number of aromatic nitrogens is 3. The van der Waals surface area contributed by atoms with Gasteiger partial charge in [0.05, 0.1) is 0 Å². The van der Waals surface area contributed by atoms with Gasteiger partial charge in [0, 0.05) is 17.6 Å². The Morgan fingerprint density at radius 3 is 2.92 bits per heavy atom. The van der Waals surface area contributed by atoms with Crippen molar-refractivity contribution in [3.05, 3.63) is 49.0 Å². The van der Waals surface area contributed by atoms with E-state index in [-0.39, 0.29) is 17.1 Å². The number of nitrogens with one attached hydrogen (secondary N) is 1. The molecule has 0 saturated heterocycles. The Labute approximate surface area is 139 Å². The lowest BCUT2D eigenvalue weighted by molar-refractivity contribution is 0.310. The summed E-state index contributed by atoms with van der Waals surface area (Å²) < 4.78 is 5.01. The number of aromatic amines is 1. The monoisotopic (exact) mass is 346 g/mol. The summed E-state index contributed by atoms with van der Waals surface area (Å²) in [7, 11) is 0. The number of aryl methyl sites for hydroxylation is 1. The van der Waals surface area contributed by atoms with E-state index in [1.54, 1.807) is 6.20 Å². The largest absolute Gasteiger partial charge is 0.403 e. The third-order valence-electron chi connectivity index (χ3n) is 3.31. The highest BCUT2D eigenvalue weighted by atomic mass is 32.1. The molecule has 0 bridgehead atoms. The summed E-state index contributed by atoms with van der Waals surface area (Å²) in [5.41, 5.74) is 0.112. The molecule has 1 N–H and O–H groups in total. The van der Waals surface area contributed by atoms with Crippen LogP contribution in [0.1, 0.15) is 30.8 Å². The molecular formula is C15H14N4O4S. The second-order valence-corrected chi connectivity index (χ2v) is 5.71. The summed E-state index contributed by atoms with van der Waals surface area (Å²) in [6, 6.07) is 1.14. The summed E-state index contributed by atoms with van der Waals surface area (Å²) in [6.45, 7) is 3.75. The summed E-state index contributed by atoms with van der Waals surface area (Å²) in [6.07, 6.45) is 2.78. The highest BCUT2D eigenvalue weighted by Crippen LogP contribution is 2.14. The summed E-state index contributed by atoms with van der Waals surface area (Å²) in [4.78, 5) is 39.7. The first-order chi connectivity index (χ1) is 11.6. The van der Waals surface area contributed by atoms with Crippen molar-refractivity contribution >= 4 is 28.1 Å². The number of oxime groups is 1. The van der Waals surface area contributed by atoms with Crippen LogP contribution in [0.3, 0.4) is 0 Å². The fourth-order valence-electron chi connectivity index (χ4n) is 2.17. The van der Waals surface area contributed by atoms with Crippen LogP contribution in [0.5, 0.6) is 6.01 Å². The molecule has 0 unspecified atom stereocenters. The van der Waals surface area contributed by atoms with Crippen LogP contribution in [-0.4, -0.2) is 20.7 Å². The first kappa shape index (κ1) is 16.1. The molecule has 3 aromatic rings. The minimum atomic E-state index is -0.566. The van der Waals surface area contributed by atoms with E-state index in [9.17, 15) is 9.59 Å². The van der Waals surface area contributed by atoms with Crippen LogP contribution in [0.4, 0.5) is 0 Å². The zero-order valence-corrected chi connectivity index (χ0v) is 13.8. The summed E-state index contributed by atoms with van der Waals surface area (Å²) in [5, 5.41) is 6.77. The third-order valence-corrected chi connectivity index (χ3v) is 4.13. The number of hydrogen-bond acceptors (Lipinski definition) is 8. The molecule has 0 aromatic carbocycles. The van der Waals surface area contributed by atoms with Crippen molar-refractivity contribution in [3.8, 4) is 6.01 Å². The Morgan fingerprint density at radius 1 is 1.42 bits per heavy atom. The number of rotatable bonds is 5. The van der Waals surface area contributed by atoms with E-state index in [4.69, 9.17) is 9.25 Å². The lowest BCUT2D eigenvalue weighted by atomic mass is 10.1. The first-order valence-corrected chi connectivity index (χ1v) is 8.21. The van der Waals surface area contributed by atoms with Crippen LogP contribution in [0, 0.1) is 0 Å². The van der Waals surface area contributed by atoms with Gasteiger partial charge in [0.25, 0.3) is 5.56 Å². The van der Waals surface area contributed by atoms with E-state index in [0.717, 1.165) is 5.01 Å². The SMILES string of the molecule is CC/C(=N\Oc1nc2oc(=O)cc(CC)c2c(=O)[nH]1)c1nccs1. The molecule has 0 aliphatic heterocycles. The van der Waals surface area contributed by atoms with E-state index in [1.165, 1.54) is 17.4 Å². The van der Waals surface area contributed by atoms with Gasteiger partial charge < -0.3 is 9.25 Å². The van der Waals surface area contributed by atoms with E-state index in [2.05, 4.69) is 20.1 Å². The maximum Gasteiger partial charge on any atom is 0.337 e. The van der Waals surface area contributed by atoms with Gasteiger partial charge in [0.15, 0.2) is 0 Å². The average Bonchev–Trinajstić information content (AvgIpc) is 3.08. The Morgan fingerprint density at radius 2 is 2.25 bits per heavy atom. The van der Waals surface area contributed by atoms with Crippen LogP contribution in [0.2, 0.25) is 0 Å². The van der Waals surface area contributed by atoms with Crippen molar-refractivity contribution < 1.29 is 9.25 Å². The maximum absolute atomic E-state index is 12.2. The van der Waals surface area contributed by atoms with E-state index >= 15 is 0 Å². The average molecular weight is 346 g/mol. The Kier molecular flexibility index (Phi) is 4.52. The Bertz CT molecular complexity index is 1000. The fraction of sp³-hybridized carbons (Fsp3) is 0.267. The molecule has 24 heavy (non-hydrogen) atoms. The molecule has 3 rings (SSSR count). The van der Waals surface area contributed by atoms with Gasteiger partial charge in [-0.15, -0.1) is 11.3 Å². The van der Waals surface area contributed by atoms with Crippen molar-refractivity contribution in [3.63, 3.8) is 0 Å². The van der Waals surface area contributed by atoms with Crippen LogP contribution in [0.15, 0.2) is 36.8 Å². The Balaban J connectivity index is 2.02. The minimum Gasteiger partial charge on any atom is -0.403 e.